The fraction of sp³-hybridized carbons (Fsp3) is 0.148. The number of hydrogen-bond donors (Lipinski definition) is 2. The van der Waals surface area contributed by atoms with Crippen molar-refractivity contribution in [1.82, 2.24) is 24.8 Å². The van der Waals surface area contributed by atoms with E-state index in [0.717, 1.165) is 27.9 Å². The predicted molar refractivity (Wildman–Crippen MR) is 129 cm³/mol. The molecule has 0 saturated heterocycles. The summed E-state index contributed by atoms with van der Waals surface area (Å²) >= 11 is 0. The van der Waals surface area contributed by atoms with Crippen LogP contribution in [0.1, 0.15) is 16.7 Å². The van der Waals surface area contributed by atoms with Crippen LogP contribution >= 0.6 is 0 Å². The Balaban J connectivity index is 1.63. The lowest BCUT2D eigenvalue weighted by Gasteiger charge is -2.40. The number of nitrogens with one attached hydrogen (secondary N) is 1. The predicted octanol–water partition coefficient (Wildman–Crippen LogP) is 3.77. The molecule has 0 aliphatic heterocycles. The number of fused-ring (bicyclic) bond motifs is 1. The Morgan fingerprint density at radius 2 is 1.33 bits per heavy atom. The second-order valence-corrected chi connectivity index (χ2v) is 8.00. The Kier molecular flexibility index (Phi) is 5.93. The minimum atomic E-state index is -0.664. The standard InChI is InChI=1S/C27H25N5O/c33-18-24(17-32-20-30-25-16-28-19-29-26(25)32)31-27(21-10-4-1-5-11-21,22-12-6-2-7-13-22)23-14-8-3-9-15-23/h1-16,19-20,24,31,33H,17-18H2/t24-/m0/s1. The number of nitrogens with zero attached hydrogens (tertiary/aromatic N) is 4. The number of benzene rings is 3. The third-order valence-corrected chi connectivity index (χ3v) is 5.96. The first kappa shape index (κ1) is 21.0. The lowest BCUT2D eigenvalue weighted by atomic mass is 9.76. The van der Waals surface area contributed by atoms with Crippen LogP contribution in [0.15, 0.2) is 110 Å². The van der Waals surface area contributed by atoms with Crippen molar-refractivity contribution in [2.24, 2.45) is 0 Å². The van der Waals surface area contributed by atoms with Crippen molar-refractivity contribution < 1.29 is 5.11 Å². The molecule has 0 aliphatic carbocycles. The normalized spacial score (nSPS) is 12.6. The smallest absolute Gasteiger partial charge is 0.163 e. The highest BCUT2D eigenvalue weighted by molar-refractivity contribution is 5.68. The topological polar surface area (TPSA) is 75.9 Å². The van der Waals surface area contributed by atoms with Crippen molar-refractivity contribution in [3.05, 3.63) is 127 Å². The van der Waals surface area contributed by atoms with Gasteiger partial charge in [-0.1, -0.05) is 91.0 Å². The summed E-state index contributed by atoms with van der Waals surface area (Å²) in [6.07, 6.45) is 4.96. The Morgan fingerprint density at radius 1 is 0.788 bits per heavy atom. The summed E-state index contributed by atoms with van der Waals surface area (Å²) in [5.74, 6) is 0. The molecule has 2 aromatic heterocycles. The van der Waals surface area contributed by atoms with E-state index in [1.807, 2.05) is 59.2 Å². The molecule has 6 heteroatoms. The molecule has 164 valence electrons. The van der Waals surface area contributed by atoms with Gasteiger partial charge in [-0.15, -0.1) is 0 Å². The SMILES string of the molecule is OC[C@H](Cn1cnc2cncnc21)NC(c1ccccc1)(c1ccccc1)c1ccccc1. The van der Waals surface area contributed by atoms with Crippen LogP contribution in [-0.4, -0.2) is 37.3 Å². The first-order chi connectivity index (χ1) is 16.3. The zero-order chi connectivity index (χ0) is 22.5. The third-order valence-electron chi connectivity index (χ3n) is 5.96. The van der Waals surface area contributed by atoms with Crippen LogP contribution in [0, 0.1) is 0 Å². The van der Waals surface area contributed by atoms with E-state index in [2.05, 4.69) is 56.7 Å². The summed E-state index contributed by atoms with van der Waals surface area (Å²) in [5, 5.41) is 14.3. The average molecular weight is 436 g/mol. The van der Waals surface area contributed by atoms with Crippen molar-refractivity contribution in [3.8, 4) is 0 Å². The van der Waals surface area contributed by atoms with Gasteiger partial charge in [-0.25, -0.2) is 15.0 Å². The first-order valence-electron chi connectivity index (χ1n) is 11.0. The van der Waals surface area contributed by atoms with Gasteiger partial charge in [0.2, 0.25) is 0 Å². The second kappa shape index (κ2) is 9.32. The van der Waals surface area contributed by atoms with E-state index in [1.54, 1.807) is 12.5 Å². The Labute approximate surface area is 192 Å². The zero-order valence-corrected chi connectivity index (χ0v) is 18.1. The lowest BCUT2D eigenvalue weighted by Crippen LogP contribution is -2.52. The van der Waals surface area contributed by atoms with Gasteiger partial charge in [-0.3, -0.25) is 5.32 Å². The molecule has 2 heterocycles. The Hall–Kier alpha value is -3.87. The molecular formula is C27H25N5O. The van der Waals surface area contributed by atoms with E-state index < -0.39 is 5.54 Å². The second-order valence-electron chi connectivity index (χ2n) is 8.00. The van der Waals surface area contributed by atoms with Gasteiger partial charge in [0.1, 0.15) is 11.8 Å². The summed E-state index contributed by atoms with van der Waals surface area (Å²) in [5.41, 5.74) is 4.10. The molecule has 0 saturated carbocycles. The first-order valence-corrected chi connectivity index (χ1v) is 11.0. The fourth-order valence-corrected chi connectivity index (χ4v) is 4.46. The number of imidazole rings is 1. The summed E-state index contributed by atoms with van der Waals surface area (Å²) in [4.78, 5) is 12.8. The number of aliphatic hydroxyl groups excluding tert-OH is 1. The van der Waals surface area contributed by atoms with Crippen LogP contribution in [0.2, 0.25) is 0 Å². The number of aromatic nitrogens is 4. The molecule has 0 spiro atoms. The molecule has 1 atom stereocenters. The molecule has 2 N–H and O–H groups in total. The van der Waals surface area contributed by atoms with Crippen molar-refractivity contribution in [1.29, 1.82) is 0 Å². The molecule has 0 fully saturated rings. The largest absolute Gasteiger partial charge is 0.395 e. The maximum atomic E-state index is 10.5. The highest BCUT2D eigenvalue weighted by Crippen LogP contribution is 2.37. The van der Waals surface area contributed by atoms with Gasteiger partial charge in [0, 0.05) is 12.6 Å². The molecule has 0 unspecified atom stereocenters. The highest BCUT2D eigenvalue weighted by Gasteiger charge is 2.38. The van der Waals surface area contributed by atoms with Crippen LogP contribution in [0.3, 0.4) is 0 Å². The Morgan fingerprint density at radius 3 is 1.85 bits per heavy atom. The minimum absolute atomic E-state index is 0.0565. The fourth-order valence-electron chi connectivity index (χ4n) is 4.46. The molecule has 6 nitrogen and oxygen atoms in total. The van der Waals surface area contributed by atoms with Gasteiger partial charge < -0.3 is 9.67 Å². The molecule has 5 rings (SSSR count). The summed E-state index contributed by atoms with van der Waals surface area (Å²) in [7, 11) is 0. The quantitative estimate of drug-likeness (QED) is 0.363. The Bertz CT molecular complexity index is 1210. The van der Waals surface area contributed by atoms with Crippen molar-refractivity contribution in [3.63, 3.8) is 0 Å². The van der Waals surface area contributed by atoms with E-state index in [9.17, 15) is 5.11 Å². The molecule has 33 heavy (non-hydrogen) atoms. The van der Waals surface area contributed by atoms with Crippen LogP contribution in [0.25, 0.3) is 11.2 Å². The molecular weight excluding hydrogens is 410 g/mol. The molecule has 3 aromatic carbocycles. The molecule has 0 amide bonds. The minimum Gasteiger partial charge on any atom is -0.395 e. The monoisotopic (exact) mass is 435 g/mol. The van der Waals surface area contributed by atoms with Crippen LogP contribution in [0.5, 0.6) is 0 Å². The summed E-state index contributed by atoms with van der Waals surface area (Å²) < 4.78 is 1.96. The average Bonchev–Trinajstić information content (AvgIpc) is 3.31. The number of aliphatic hydroxyl groups is 1. The van der Waals surface area contributed by atoms with E-state index >= 15 is 0 Å². The van der Waals surface area contributed by atoms with E-state index in [4.69, 9.17) is 0 Å². The van der Waals surface area contributed by atoms with Crippen LogP contribution in [-0.2, 0) is 12.1 Å². The van der Waals surface area contributed by atoms with Gasteiger partial charge in [0.15, 0.2) is 5.65 Å². The van der Waals surface area contributed by atoms with Crippen LogP contribution < -0.4 is 5.32 Å². The maximum Gasteiger partial charge on any atom is 0.163 e. The van der Waals surface area contributed by atoms with Crippen molar-refractivity contribution in [2.75, 3.05) is 6.61 Å². The molecule has 5 aromatic rings. The summed E-state index contributed by atoms with van der Waals surface area (Å²) in [6.45, 7) is 0.442. The lowest BCUT2D eigenvalue weighted by molar-refractivity contribution is 0.208. The van der Waals surface area contributed by atoms with Gasteiger partial charge in [0.05, 0.1) is 24.7 Å². The third kappa shape index (κ3) is 4.02. The van der Waals surface area contributed by atoms with Crippen molar-refractivity contribution in [2.45, 2.75) is 18.1 Å². The van der Waals surface area contributed by atoms with Crippen molar-refractivity contribution >= 4 is 11.2 Å². The maximum absolute atomic E-state index is 10.5. The zero-order valence-electron chi connectivity index (χ0n) is 18.1. The number of hydrogen-bond acceptors (Lipinski definition) is 5. The van der Waals surface area contributed by atoms with E-state index in [-0.39, 0.29) is 12.6 Å². The van der Waals surface area contributed by atoms with E-state index in [1.165, 1.54) is 6.33 Å². The van der Waals surface area contributed by atoms with E-state index in [0.29, 0.717) is 6.54 Å². The number of rotatable bonds is 8. The highest BCUT2D eigenvalue weighted by atomic mass is 16.3. The summed E-state index contributed by atoms with van der Waals surface area (Å²) in [6, 6.07) is 30.8. The van der Waals surface area contributed by atoms with Crippen LogP contribution in [0.4, 0.5) is 0 Å². The van der Waals surface area contributed by atoms with Gasteiger partial charge in [-0.05, 0) is 16.7 Å². The van der Waals surface area contributed by atoms with Gasteiger partial charge in [0.25, 0.3) is 0 Å². The molecule has 0 radical (unpaired) electrons. The molecule has 0 aliphatic rings. The molecule has 0 bridgehead atoms. The van der Waals surface area contributed by atoms with Gasteiger partial charge in [-0.2, -0.15) is 0 Å². The van der Waals surface area contributed by atoms with Gasteiger partial charge >= 0.3 is 0 Å².